The fraction of sp³-hybridized carbons (Fsp3) is 0.805. The number of amides is 8. The zero-order chi connectivity index (χ0) is 92.6. The topological polar surface area (TPSA) is 456 Å². The van der Waals surface area contributed by atoms with Crippen LogP contribution >= 0.6 is 143 Å². The molecule has 0 spiro atoms. The summed E-state index contributed by atoms with van der Waals surface area (Å²) in [5.41, 5.74) is -3.47. The van der Waals surface area contributed by atoms with E-state index >= 15 is 0 Å². The zero-order valence-electron chi connectivity index (χ0n) is 73.3. The Hall–Kier alpha value is -3.23. The number of ketones is 1. The molecule has 45 heteroatoms. The van der Waals surface area contributed by atoms with Crippen LogP contribution in [0.4, 0.5) is 0 Å². The molecular formula is C77H128Br9N17O19. The molecule has 1 unspecified atom stereocenters. The minimum absolute atomic E-state index is 0.000872. The zero-order valence-corrected chi connectivity index (χ0v) is 87.6. The van der Waals surface area contributed by atoms with Gasteiger partial charge >= 0.3 is 0 Å². The summed E-state index contributed by atoms with van der Waals surface area (Å²) in [6.07, 6.45) is 4.32. The number of carbonyl (C=O) groups excluding carboxylic acids is 9. The lowest BCUT2D eigenvalue weighted by Gasteiger charge is -2.36. The Morgan fingerprint density at radius 1 is 0.328 bits per heavy atom. The van der Waals surface area contributed by atoms with E-state index in [1.807, 2.05) is 0 Å². The van der Waals surface area contributed by atoms with Crippen LogP contribution in [0, 0.1) is 21.7 Å². The Morgan fingerprint density at radius 2 is 0.549 bits per heavy atom. The highest BCUT2D eigenvalue weighted by molar-refractivity contribution is 9.11. The van der Waals surface area contributed by atoms with Crippen molar-refractivity contribution in [3.63, 3.8) is 0 Å². The molecule has 0 fully saturated rings. The second kappa shape index (κ2) is 50.8. The smallest absolute Gasteiger partial charge is 0.236 e. The quantitative estimate of drug-likeness (QED) is 0.0209. The summed E-state index contributed by atoms with van der Waals surface area (Å²) in [4.78, 5) is 122. The number of aromatic nitrogens is 9. The number of hydrogen-bond acceptors (Lipinski definition) is 25. The number of Topliss-reactive ketones (excluding diaryl/α,β-unsaturated/α-hetero) is 1. The van der Waals surface area contributed by atoms with Gasteiger partial charge in [-0.3, -0.25) is 57.2 Å². The molecule has 0 aliphatic rings. The number of nitrogens with one attached hydrogen (secondary N) is 8. The van der Waals surface area contributed by atoms with Gasteiger partial charge in [-0.05, 0) is 131 Å². The first-order chi connectivity index (χ1) is 56.1. The van der Waals surface area contributed by atoms with Gasteiger partial charge in [-0.2, -0.15) is 0 Å². The lowest BCUT2D eigenvalue weighted by atomic mass is 9.81. The Bertz CT molecular complexity index is 3210. The van der Waals surface area contributed by atoms with Crippen LogP contribution in [0.1, 0.15) is 155 Å². The largest absolute Gasteiger partial charge is 0.394 e. The summed E-state index contributed by atoms with van der Waals surface area (Å²) < 4.78 is 44.8. The lowest BCUT2D eigenvalue weighted by molar-refractivity contribution is -0.126. The van der Waals surface area contributed by atoms with Gasteiger partial charge in [0.15, 0.2) is 0 Å². The molecule has 0 saturated heterocycles. The van der Waals surface area contributed by atoms with Gasteiger partial charge in [0, 0.05) is 75.0 Å². The molecule has 36 nitrogen and oxygen atoms in total. The molecule has 10 N–H and O–H groups in total. The number of alkyl halides is 9. The second-order valence-corrected chi connectivity index (χ2v) is 53.0. The highest BCUT2D eigenvalue weighted by Crippen LogP contribution is 2.33. The van der Waals surface area contributed by atoms with E-state index < -0.39 is 73.3 Å². The predicted octanol–water partition coefficient (Wildman–Crippen LogP) is 6.63. The van der Waals surface area contributed by atoms with Gasteiger partial charge in [0.05, 0.1) is 195 Å². The molecule has 3 aromatic rings. The van der Waals surface area contributed by atoms with Crippen LogP contribution in [0.2, 0.25) is 0 Å². The number of halogens is 9. The highest BCUT2D eigenvalue weighted by atomic mass is 79.9. The van der Waals surface area contributed by atoms with Gasteiger partial charge in [0.1, 0.15) is 29.0 Å². The Balaban J connectivity index is 2.31. The van der Waals surface area contributed by atoms with E-state index in [-0.39, 0.29) is 244 Å². The third kappa shape index (κ3) is 43.9. The maximum Gasteiger partial charge on any atom is 0.236 e. The third-order valence-electron chi connectivity index (χ3n) is 18.5. The average Bonchev–Trinajstić information content (AvgIpc) is 1.63. The van der Waals surface area contributed by atoms with E-state index in [4.69, 9.17) is 43.0 Å². The van der Waals surface area contributed by atoms with Crippen molar-refractivity contribution in [2.45, 2.75) is 222 Å². The first-order valence-corrected chi connectivity index (χ1v) is 46.8. The molecule has 8 amide bonds. The SMILES string of the molecule is CC(C)(Br)C(=O)CCC(CNC(=O)C(C)(C)Br)(CNC(=O)C(C)(C)Br)COCc1cn(CC(COCCOCCOCCOCCOCC(O)CO)(Cn2cc(COCC(CNC(=O)C(C)(C)Br)(CNC(=O)C(C)(C)Br)CNC(=O)C(C)(C)Br)nn2)Cn2cc(COCC(CNC(=O)C(C)(C)Br)(CNC(=O)C(C)(C)Br)CNC(=O)C(C)(C)Br)nn2)nn1. The molecule has 3 rings (SSSR count). The van der Waals surface area contributed by atoms with Crippen molar-refractivity contribution in [1.29, 1.82) is 0 Å². The second-order valence-electron chi connectivity index (χ2n) is 35.1. The number of carbonyl (C=O) groups is 9. The summed E-state index contributed by atoms with van der Waals surface area (Å²) in [6, 6.07) is 0. The summed E-state index contributed by atoms with van der Waals surface area (Å²) in [5, 5.41) is 70.1. The van der Waals surface area contributed by atoms with Crippen LogP contribution in [0.15, 0.2) is 18.6 Å². The molecule has 3 heterocycles. The minimum atomic E-state index is -1.16. The van der Waals surface area contributed by atoms with E-state index in [0.717, 1.165) is 0 Å². The fourth-order valence-corrected chi connectivity index (χ4v) is 12.1. The number of hydrogen-bond donors (Lipinski definition) is 10. The van der Waals surface area contributed by atoms with E-state index in [1.165, 1.54) is 0 Å². The molecule has 0 aromatic carbocycles. The first kappa shape index (κ1) is 113. The number of nitrogens with zero attached hydrogens (tertiary/aromatic N) is 9. The molecule has 0 radical (unpaired) electrons. The van der Waals surface area contributed by atoms with Crippen molar-refractivity contribution in [1.82, 2.24) is 87.5 Å². The Morgan fingerprint density at radius 3 is 0.787 bits per heavy atom. The first-order valence-electron chi connectivity index (χ1n) is 39.7. The summed E-state index contributed by atoms with van der Waals surface area (Å²) in [7, 11) is 0. The van der Waals surface area contributed by atoms with Crippen molar-refractivity contribution in [2.24, 2.45) is 21.7 Å². The minimum Gasteiger partial charge on any atom is -0.394 e. The number of aliphatic hydroxyl groups excluding tert-OH is 2. The van der Waals surface area contributed by atoms with Crippen molar-refractivity contribution < 1.29 is 91.3 Å². The third-order valence-corrected chi connectivity index (χ3v) is 21.8. The summed E-state index contributed by atoms with van der Waals surface area (Å²) in [6.45, 7) is 30.5. The standard InChI is InChI=1S/C77H128Br9N17O19/c1-65(2,78)56(106)19-20-74(37-87-57(107)66(3,4)79,38-88-58(108)67(5,6)80)48-120-33-52-29-101(98-95-52)45-77(51-119-28-26-117-24-22-115-21-23-116-25-27-118-36-55(105)32-104,46-102-30-53(96-99-102)34-121-49-75(39-89-59(109)68(7,8)81,40-90-60(110)69(9,10)82)41-91-61(111)70(11,12)83)47-103-31-54(97-100-103)35-122-50-76(42-92-62(112)71(13,14)84,43-93-63(113)72(15,16)85)44-94-64(114)73(17,18)86/h29-31,55,104-105H,19-28,32-51H2,1-18H3,(H,87,107)(H,88,108)(H,89,109)(H,90,110)(H,91,111)(H,92,112)(H,93,113)(H,94,114). The van der Waals surface area contributed by atoms with Crippen molar-refractivity contribution in [2.75, 3.05) is 145 Å². The van der Waals surface area contributed by atoms with E-state index in [0.29, 0.717) is 17.1 Å². The Labute approximate surface area is 792 Å². The van der Waals surface area contributed by atoms with Crippen molar-refractivity contribution >= 4 is 196 Å². The fourth-order valence-electron chi connectivity index (χ4n) is 10.8. The van der Waals surface area contributed by atoms with Gasteiger partial charge in [-0.15, -0.1) is 15.3 Å². The maximum absolute atomic E-state index is 13.6. The van der Waals surface area contributed by atoms with Gasteiger partial charge in [-0.1, -0.05) is 159 Å². The van der Waals surface area contributed by atoms with Crippen LogP contribution in [0.5, 0.6) is 0 Å². The van der Waals surface area contributed by atoms with Gasteiger partial charge in [0.25, 0.3) is 0 Å². The normalized spacial score (nSPS) is 13.5. The lowest BCUT2D eigenvalue weighted by Crippen LogP contribution is -2.57. The van der Waals surface area contributed by atoms with E-state index in [1.54, 1.807) is 157 Å². The van der Waals surface area contributed by atoms with Crippen LogP contribution in [0.3, 0.4) is 0 Å². The molecule has 698 valence electrons. The van der Waals surface area contributed by atoms with E-state index in [2.05, 4.69) is 217 Å². The van der Waals surface area contributed by atoms with Gasteiger partial charge < -0.3 is 90.6 Å². The van der Waals surface area contributed by atoms with Crippen molar-refractivity contribution in [3.8, 4) is 0 Å². The van der Waals surface area contributed by atoms with Crippen molar-refractivity contribution in [3.05, 3.63) is 35.7 Å². The van der Waals surface area contributed by atoms with Crippen LogP contribution in [-0.4, -0.2) is 298 Å². The summed E-state index contributed by atoms with van der Waals surface area (Å²) in [5.74, 6) is -2.97. The molecule has 0 aliphatic carbocycles. The number of ether oxygens (including phenoxy) is 8. The maximum atomic E-state index is 13.6. The molecule has 0 saturated carbocycles. The van der Waals surface area contributed by atoms with Gasteiger partial charge in [0.2, 0.25) is 47.3 Å². The van der Waals surface area contributed by atoms with Crippen LogP contribution < -0.4 is 42.5 Å². The molecule has 0 aliphatic heterocycles. The Kier molecular flexibility index (Phi) is 47.0. The molecule has 122 heavy (non-hydrogen) atoms. The molecule has 0 bridgehead atoms. The number of aliphatic hydroxyl groups is 2. The number of rotatable bonds is 63. The predicted molar refractivity (Wildman–Crippen MR) is 491 cm³/mol. The monoisotopic (exact) mass is 2310 g/mol. The average molecular weight is 2320 g/mol. The van der Waals surface area contributed by atoms with Crippen LogP contribution in [0.25, 0.3) is 0 Å². The van der Waals surface area contributed by atoms with Crippen LogP contribution in [-0.2, 0) is 121 Å². The van der Waals surface area contributed by atoms with E-state index in [9.17, 15) is 48.3 Å². The molecule has 1 atom stereocenters. The highest BCUT2D eigenvalue weighted by Gasteiger charge is 2.43. The van der Waals surface area contributed by atoms with Gasteiger partial charge in [-0.25, -0.2) is 0 Å². The summed E-state index contributed by atoms with van der Waals surface area (Å²) >= 11 is 31.1. The molecule has 3 aromatic heterocycles. The molecular weight excluding hydrogens is 2190 g/mol.